The van der Waals surface area contributed by atoms with Crippen LogP contribution in [0.25, 0.3) is 0 Å². The minimum absolute atomic E-state index is 0.0468. The summed E-state index contributed by atoms with van der Waals surface area (Å²) >= 11 is 5.86. The number of benzene rings is 2. The summed E-state index contributed by atoms with van der Waals surface area (Å²) in [5, 5.41) is 16.1. The molecule has 0 spiro atoms. The van der Waals surface area contributed by atoms with E-state index in [1.165, 1.54) is 12.1 Å². The molecule has 1 amide bonds. The molecule has 0 heterocycles. The first-order valence-electron chi connectivity index (χ1n) is 7.50. The molecule has 3 N–H and O–H groups in total. The Hall–Kier alpha value is -2.44. The molecule has 7 heteroatoms. The normalized spacial score (nSPS) is 11.8. The smallest absolute Gasteiger partial charge is 0.279 e. The molecular weight excluding hydrogens is 330 g/mol. The number of nitrogens with zero attached hydrogens (tertiary/aromatic N) is 1. The number of anilines is 1. The second-order valence-electron chi connectivity index (χ2n) is 5.58. The van der Waals surface area contributed by atoms with E-state index in [0.29, 0.717) is 10.7 Å². The number of nitrogens with one attached hydrogen (secondary N) is 1. The highest BCUT2D eigenvalue weighted by Gasteiger charge is 2.14. The Morgan fingerprint density at radius 1 is 1.29 bits per heavy atom. The minimum atomic E-state index is -0.482. The van der Waals surface area contributed by atoms with Crippen molar-refractivity contribution in [2.75, 3.05) is 11.9 Å². The van der Waals surface area contributed by atoms with Gasteiger partial charge in [0, 0.05) is 22.7 Å². The average Bonchev–Trinajstić information content (AvgIpc) is 2.55. The molecule has 0 aliphatic heterocycles. The van der Waals surface area contributed by atoms with Gasteiger partial charge in [0.1, 0.15) is 6.04 Å². The third kappa shape index (κ3) is 4.78. The van der Waals surface area contributed by atoms with E-state index in [9.17, 15) is 14.9 Å². The van der Waals surface area contributed by atoms with Crippen molar-refractivity contribution in [2.24, 2.45) is 0 Å². The van der Waals surface area contributed by atoms with E-state index in [0.717, 1.165) is 11.1 Å². The van der Waals surface area contributed by atoms with Crippen molar-refractivity contribution in [3.63, 3.8) is 0 Å². The lowest BCUT2D eigenvalue weighted by Gasteiger charge is -2.12. The van der Waals surface area contributed by atoms with Crippen LogP contribution in [0, 0.1) is 17.0 Å². The molecule has 0 radical (unpaired) electrons. The van der Waals surface area contributed by atoms with Gasteiger partial charge >= 0.3 is 0 Å². The summed E-state index contributed by atoms with van der Waals surface area (Å²) in [6, 6.07) is 12.0. The lowest BCUT2D eigenvalue weighted by atomic mass is 10.1. The summed E-state index contributed by atoms with van der Waals surface area (Å²) in [5.41, 5.74) is 2.26. The van der Waals surface area contributed by atoms with Gasteiger partial charge in [-0.2, -0.15) is 0 Å². The van der Waals surface area contributed by atoms with Crippen molar-refractivity contribution < 1.29 is 15.0 Å². The van der Waals surface area contributed by atoms with E-state index in [4.69, 9.17) is 11.6 Å². The second-order valence-corrected chi connectivity index (χ2v) is 6.02. The second kappa shape index (κ2) is 7.90. The number of aryl methyl sites for hydroxylation is 1. The number of hydrogen-bond acceptors (Lipinski definition) is 3. The van der Waals surface area contributed by atoms with Crippen LogP contribution in [0.15, 0.2) is 42.5 Å². The number of amides is 1. The SMILES string of the molecule is Cc1ccc([N+](=O)[O-])cc1NC(=O)C[NH2+][C@H](C)c1ccc(Cl)cc1. The van der Waals surface area contributed by atoms with Crippen molar-refractivity contribution in [3.05, 3.63) is 68.7 Å². The van der Waals surface area contributed by atoms with Crippen LogP contribution >= 0.6 is 11.6 Å². The molecule has 0 aliphatic carbocycles. The number of nitrogens with two attached hydrogens (primary N) is 1. The quantitative estimate of drug-likeness (QED) is 0.621. The molecule has 0 saturated carbocycles. The number of carbonyl (C=O) groups excluding carboxylic acids is 1. The molecule has 0 saturated heterocycles. The summed E-state index contributed by atoms with van der Waals surface area (Å²) in [5.74, 6) is -0.209. The Morgan fingerprint density at radius 3 is 2.58 bits per heavy atom. The minimum Gasteiger partial charge on any atom is -0.333 e. The molecule has 2 rings (SSSR count). The van der Waals surface area contributed by atoms with Crippen molar-refractivity contribution in [3.8, 4) is 0 Å². The van der Waals surface area contributed by atoms with Gasteiger partial charge in [0.15, 0.2) is 6.54 Å². The predicted octanol–water partition coefficient (Wildman–Crippen LogP) is 2.82. The number of rotatable bonds is 6. The van der Waals surface area contributed by atoms with Crippen LogP contribution in [-0.4, -0.2) is 17.4 Å². The number of carbonyl (C=O) groups is 1. The molecule has 24 heavy (non-hydrogen) atoms. The van der Waals surface area contributed by atoms with Crippen LogP contribution in [0.1, 0.15) is 24.1 Å². The van der Waals surface area contributed by atoms with Gasteiger partial charge in [0.25, 0.3) is 11.6 Å². The van der Waals surface area contributed by atoms with Gasteiger partial charge in [0.05, 0.1) is 10.6 Å². The zero-order chi connectivity index (χ0) is 17.7. The molecule has 0 unspecified atom stereocenters. The largest absolute Gasteiger partial charge is 0.333 e. The number of halogens is 1. The maximum Gasteiger partial charge on any atom is 0.279 e. The van der Waals surface area contributed by atoms with Gasteiger partial charge in [-0.25, -0.2) is 0 Å². The number of nitro groups is 1. The van der Waals surface area contributed by atoms with Crippen LogP contribution in [0.3, 0.4) is 0 Å². The molecule has 2 aromatic carbocycles. The summed E-state index contributed by atoms with van der Waals surface area (Å²) in [6.45, 7) is 4.00. The van der Waals surface area contributed by atoms with E-state index in [1.807, 2.05) is 36.5 Å². The van der Waals surface area contributed by atoms with Crippen molar-refractivity contribution in [2.45, 2.75) is 19.9 Å². The molecule has 1 atom stereocenters. The zero-order valence-corrected chi connectivity index (χ0v) is 14.2. The van der Waals surface area contributed by atoms with E-state index in [2.05, 4.69) is 5.32 Å². The maximum atomic E-state index is 12.1. The third-order valence-corrected chi connectivity index (χ3v) is 4.01. The van der Waals surface area contributed by atoms with Crippen LogP contribution in [0.5, 0.6) is 0 Å². The standard InChI is InChI=1S/C17H18ClN3O3/c1-11-3-8-15(21(23)24)9-16(11)20-17(22)10-19-12(2)13-4-6-14(18)7-5-13/h3-9,12,19H,10H2,1-2H3,(H,20,22)/p+1/t12-/m1/s1. The highest BCUT2D eigenvalue weighted by atomic mass is 35.5. The summed E-state index contributed by atoms with van der Waals surface area (Å²) < 4.78 is 0. The Balaban J connectivity index is 1.95. The molecule has 0 bridgehead atoms. The van der Waals surface area contributed by atoms with Gasteiger partial charge in [-0.1, -0.05) is 29.8 Å². The number of hydrogen-bond donors (Lipinski definition) is 2. The zero-order valence-electron chi connectivity index (χ0n) is 13.5. The monoisotopic (exact) mass is 348 g/mol. The number of non-ortho nitro benzene ring substituents is 1. The topological polar surface area (TPSA) is 88.9 Å². The molecule has 6 nitrogen and oxygen atoms in total. The van der Waals surface area contributed by atoms with Crippen molar-refractivity contribution >= 4 is 28.9 Å². The summed E-state index contributed by atoms with van der Waals surface area (Å²) in [7, 11) is 0. The number of quaternary nitrogens is 1. The number of nitro benzene ring substituents is 1. The highest BCUT2D eigenvalue weighted by Crippen LogP contribution is 2.21. The molecule has 0 aromatic heterocycles. The lowest BCUT2D eigenvalue weighted by Crippen LogP contribution is -2.86. The van der Waals surface area contributed by atoms with Crippen molar-refractivity contribution in [1.82, 2.24) is 0 Å². The fourth-order valence-corrected chi connectivity index (χ4v) is 2.37. The fourth-order valence-electron chi connectivity index (χ4n) is 2.25. The Bertz CT molecular complexity index is 747. The summed E-state index contributed by atoms with van der Waals surface area (Å²) in [6.07, 6.45) is 0. The molecular formula is C17H19ClN3O3+. The van der Waals surface area contributed by atoms with E-state index < -0.39 is 4.92 Å². The van der Waals surface area contributed by atoms with Gasteiger partial charge in [-0.3, -0.25) is 14.9 Å². The first-order valence-corrected chi connectivity index (χ1v) is 7.88. The molecule has 0 aliphatic rings. The first kappa shape index (κ1) is 17.9. The highest BCUT2D eigenvalue weighted by molar-refractivity contribution is 6.30. The Morgan fingerprint density at radius 2 is 1.96 bits per heavy atom. The van der Waals surface area contributed by atoms with Gasteiger partial charge in [0.2, 0.25) is 0 Å². The molecule has 2 aromatic rings. The van der Waals surface area contributed by atoms with Gasteiger partial charge < -0.3 is 10.6 Å². The van der Waals surface area contributed by atoms with Crippen LogP contribution in [0.2, 0.25) is 5.02 Å². The average molecular weight is 349 g/mol. The first-order chi connectivity index (χ1) is 11.4. The van der Waals surface area contributed by atoms with E-state index in [-0.39, 0.29) is 24.2 Å². The molecule has 0 fully saturated rings. The van der Waals surface area contributed by atoms with E-state index >= 15 is 0 Å². The van der Waals surface area contributed by atoms with E-state index in [1.54, 1.807) is 13.0 Å². The van der Waals surface area contributed by atoms with Crippen LogP contribution in [0.4, 0.5) is 11.4 Å². The Kier molecular flexibility index (Phi) is 5.89. The predicted molar refractivity (Wildman–Crippen MR) is 93.1 cm³/mol. The fraction of sp³-hybridized carbons (Fsp3) is 0.235. The summed E-state index contributed by atoms with van der Waals surface area (Å²) in [4.78, 5) is 22.4. The third-order valence-electron chi connectivity index (χ3n) is 3.76. The van der Waals surface area contributed by atoms with Gasteiger partial charge in [-0.15, -0.1) is 0 Å². The van der Waals surface area contributed by atoms with Gasteiger partial charge in [-0.05, 0) is 31.5 Å². The maximum absolute atomic E-state index is 12.1. The lowest BCUT2D eigenvalue weighted by molar-refractivity contribution is -0.682. The van der Waals surface area contributed by atoms with Crippen LogP contribution < -0.4 is 10.6 Å². The van der Waals surface area contributed by atoms with Crippen molar-refractivity contribution in [1.29, 1.82) is 0 Å². The Labute approximate surface area is 145 Å². The molecule has 126 valence electrons. The van der Waals surface area contributed by atoms with Crippen LogP contribution in [-0.2, 0) is 4.79 Å².